The van der Waals surface area contributed by atoms with Crippen LogP contribution in [0, 0.1) is 13.8 Å². The maximum atomic E-state index is 13.2. The fourth-order valence-corrected chi connectivity index (χ4v) is 4.12. The molecule has 0 aliphatic carbocycles. The molecule has 0 spiro atoms. The van der Waals surface area contributed by atoms with Crippen molar-refractivity contribution in [1.29, 1.82) is 0 Å². The molecule has 176 valence electrons. The average molecular weight is 467 g/mol. The van der Waals surface area contributed by atoms with Crippen LogP contribution in [0.1, 0.15) is 38.4 Å². The second kappa shape index (κ2) is 9.79. The fourth-order valence-electron chi connectivity index (χ4n) is 4.12. The summed E-state index contributed by atoms with van der Waals surface area (Å²) < 4.78 is 1.89. The second-order valence-corrected chi connectivity index (χ2v) is 8.14. The number of nitrogens with one attached hydrogen (secondary N) is 1. The molecule has 0 aliphatic heterocycles. The molecule has 0 atom stereocenters. The third-order valence-corrected chi connectivity index (χ3v) is 5.89. The van der Waals surface area contributed by atoms with Crippen LogP contribution >= 0.6 is 0 Å². The van der Waals surface area contributed by atoms with Gasteiger partial charge in [-0.25, -0.2) is 5.43 Å². The number of aromatic carboxylic acids is 1. The van der Waals surface area contributed by atoms with Crippen LogP contribution in [-0.4, -0.2) is 27.8 Å². The molecule has 1 heterocycles. The van der Waals surface area contributed by atoms with Gasteiger partial charge >= 0.3 is 0 Å². The third-order valence-electron chi connectivity index (χ3n) is 5.89. The highest BCUT2D eigenvalue weighted by molar-refractivity contribution is 5.91. The number of aryl methyl sites for hydroxylation is 1. The summed E-state index contributed by atoms with van der Waals surface area (Å²) in [5, 5.41) is 26.9. The first-order valence-electron chi connectivity index (χ1n) is 11.0. The number of amides is 1. The molecule has 2 N–H and O–H groups in total. The lowest BCUT2D eigenvalue weighted by Gasteiger charge is -2.27. The molecule has 1 amide bonds. The SMILES string of the molecule is Cc1cc(C=NNC(=O)C(O)(c2ccccc2)c2ccccc2)c(C)n1-c1cccc(C(=O)[O-])c1. The molecule has 0 radical (unpaired) electrons. The Labute approximate surface area is 203 Å². The van der Waals surface area contributed by atoms with Crippen LogP contribution < -0.4 is 10.5 Å². The van der Waals surface area contributed by atoms with Crippen molar-refractivity contribution in [2.75, 3.05) is 0 Å². The van der Waals surface area contributed by atoms with E-state index in [-0.39, 0.29) is 5.56 Å². The van der Waals surface area contributed by atoms with E-state index >= 15 is 0 Å². The highest BCUT2D eigenvalue weighted by Gasteiger charge is 2.39. The Morgan fingerprint density at radius 2 is 1.51 bits per heavy atom. The van der Waals surface area contributed by atoms with Crippen LogP contribution in [0.2, 0.25) is 0 Å². The van der Waals surface area contributed by atoms with Gasteiger partial charge in [-0.3, -0.25) is 4.79 Å². The Bertz CT molecular complexity index is 1350. The van der Waals surface area contributed by atoms with Crippen LogP contribution in [0.4, 0.5) is 0 Å². The first-order chi connectivity index (χ1) is 16.8. The number of benzene rings is 3. The number of carbonyl (C=O) groups is 2. The van der Waals surface area contributed by atoms with E-state index in [0.29, 0.717) is 16.8 Å². The molecule has 7 nitrogen and oxygen atoms in total. The van der Waals surface area contributed by atoms with E-state index < -0.39 is 17.5 Å². The van der Waals surface area contributed by atoms with Gasteiger partial charge in [-0.15, -0.1) is 0 Å². The fraction of sp³-hybridized carbons (Fsp3) is 0.107. The molecule has 35 heavy (non-hydrogen) atoms. The standard InChI is InChI=1S/C28H25N3O4/c1-19-16-22(20(2)31(19)25-15-9-10-21(17-25)26(32)33)18-29-30-27(34)28(35,23-11-5-3-6-12-23)24-13-7-4-8-14-24/h3-18,35H,1-2H3,(H,30,34)(H,32,33)/p-1. The zero-order chi connectivity index (χ0) is 25.0. The molecule has 3 aromatic carbocycles. The number of nitrogens with zero attached hydrogens (tertiary/aromatic N) is 2. The number of rotatable bonds is 7. The summed E-state index contributed by atoms with van der Waals surface area (Å²) in [7, 11) is 0. The molecule has 4 aromatic rings. The van der Waals surface area contributed by atoms with Crippen LogP contribution in [0.25, 0.3) is 5.69 Å². The van der Waals surface area contributed by atoms with Gasteiger partial charge in [0.25, 0.3) is 5.91 Å². The number of aromatic nitrogens is 1. The number of carboxylic acid groups (broad SMARTS) is 1. The van der Waals surface area contributed by atoms with Gasteiger partial charge in [0.05, 0.1) is 12.2 Å². The molecule has 0 saturated carbocycles. The largest absolute Gasteiger partial charge is 0.545 e. The monoisotopic (exact) mass is 466 g/mol. The molecule has 0 bridgehead atoms. The molecule has 0 unspecified atom stereocenters. The minimum absolute atomic E-state index is 0.0820. The van der Waals surface area contributed by atoms with E-state index in [0.717, 1.165) is 17.0 Å². The van der Waals surface area contributed by atoms with Gasteiger partial charge in [-0.05, 0) is 48.7 Å². The Balaban J connectivity index is 1.62. The summed E-state index contributed by atoms with van der Waals surface area (Å²) >= 11 is 0. The molecule has 0 aliphatic rings. The highest BCUT2D eigenvalue weighted by atomic mass is 16.4. The van der Waals surface area contributed by atoms with Crippen molar-refractivity contribution in [2.24, 2.45) is 5.10 Å². The molecule has 0 fully saturated rings. The molecular weight excluding hydrogens is 442 g/mol. The maximum Gasteiger partial charge on any atom is 0.281 e. The zero-order valence-electron chi connectivity index (χ0n) is 19.3. The van der Waals surface area contributed by atoms with Crippen molar-refractivity contribution in [2.45, 2.75) is 19.4 Å². The average Bonchev–Trinajstić information content (AvgIpc) is 3.17. The number of aliphatic hydroxyl groups is 1. The summed E-state index contributed by atoms with van der Waals surface area (Å²) in [6, 6.07) is 25.7. The van der Waals surface area contributed by atoms with Crippen molar-refractivity contribution in [3.8, 4) is 5.69 Å². The lowest BCUT2D eigenvalue weighted by Crippen LogP contribution is -2.43. The smallest absolute Gasteiger partial charge is 0.281 e. The Morgan fingerprint density at radius 1 is 0.914 bits per heavy atom. The molecular formula is C28H24N3O4-. The van der Waals surface area contributed by atoms with Crippen LogP contribution in [0.5, 0.6) is 0 Å². The second-order valence-electron chi connectivity index (χ2n) is 8.14. The van der Waals surface area contributed by atoms with Gasteiger partial charge in [-0.1, -0.05) is 72.8 Å². The number of hydrogen-bond donors (Lipinski definition) is 2. The first-order valence-corrected chi connectivity index (χ1v) is 11.0. The predicted octanol–water partition coefficient (Wildman–Crippen LogP) is 2.84. The predicted molar refractivity (Wildman–Crippen MR) is 131 cm³/mol. The van der Waals surface area contributed by atoms with Crippen molar-refractivity contribution in [1.82, 2.24) is 9.99 Å². The van der Waals surface area contributed by atoms with E-state index in [9.17, 15) is 19.8 Å². The molecule has 7 heteroatoms. The lowest BCUT2D eigenvalue weighted by atomic mass is 9.85. The summed E-state index contributed by atoms with van der Waals surface area (Å²) in [6.45, 7) is 3.75. The number of hydrogen-bond acceptors (Lipinski definition) is 5. The van der Waals surface area contributed by atoms with E-state index in [1.807, 2.05) is 36.6 Å². The number of carbonyl (C=O) groups excluding carboxylic acids is 2. The Morgan fingerprint density at radius 3 is 2.09 bits per heavy atom. The van der Waals surface area contributed by atoms with Crippen LogP contribution in [0.3, 0.4) is 0 Å². The minimum Gasteiger partial charge on any atom is -0.545 e. The van der Waals surface area contributed by atoms with Crippen LogP contribution in [-0.2, 0) is 10.4 Å². The topological polar surface area (TPSA) is 107 Å². The van der Waals surface area contributed by atoms with Crippen molar-refractivity contribution < 1.29 is 19.8 Å². The van der Waals surface area contributed by atoms with Gasteiger partial charge in [0.2, 0.25) is 0 Å². The highest BCUT2D eigenvalue weighted by Crippen LogP contribution is 2.30. The molecule has 4 rings (SSSR count). The van der Waals surface area contributed by atoms with Crippen molar-refractivity contribution >= 4 is 18.1 Å². The summed E-state index contributed by atoms with van der Waals surface area (Å²) in [5.41, 5.74) is 4.53. The van der Waals surface area contributed by atoms with Gasteiger partial charge in [0, 0.05) is 22.6 Å². The van der Waals surface area contributed by atoms with Crippen molar-refractivity contribution in [3.05, 3.63) is 125 Å². The minimum atomic E-state index is -1.93. The van der Waals surface area contributed by atoms with Gasteiger partial charge < -0.3 is 19.6 Å². The number of hydrazone groups is 1. The van der Waals surface area contributed by atoms with Crippen molar-refractivity contribution in [3.63, 3.8) is 0 Å². The zero-order valence-corrected chi connectivity index (χ0v) is 19.3. The molecule has 0 saturated heterocycles. The van der Waals surface area contributed by atoms with E-state index in [1.165, 1.54) is 18.3 Å². The summed E-state index contributed by atoms with van der Waals surface area (Å²) in [6.07, 6.45) is 1.50. The van der Waals surface area contributed by atoms with E-state index in [2.05, 4.69) is 10.5 Å². The first kappa shape index (κ1) is 23.7. The van der Waals surface area contributed by atoms with Gasteiger partial charge in [-0.2, -0.15) is 5.10 Å². The Hall–Kier alpha value is -4.49. The third kappa shape index (κ3) is 4.62. The van der Waals surface area contributed by atoms with Gasteiger partial charge in [0.1, 0.15) is 0 Å². The van der Waals surface area contributed by atoms with Crippen LogP contribution in [0.15, 0.2) is 96.1 Å². The van der Waals surface area contributed by atoms with E-state index in [4.69, 9.17) is 0 Å². The Kier molecular flexibility index (Phi) is 6.62. The summed E-state index contributed by atoms with van der Waals surface area (Å²) in [5.74, 6) is -1.94. The number of carboxylic acids is 1. The normalized spacial score (nSPS) is 11.5. The summed E-state index contributed by atoms with van der Waals surface area (Å²) in [4.78, 5) is 24.4. The quantitative estimate of drug-likeness (QED) is 0.323. The molecule has 1 aromatic heterocycles. The lowest BCUT2D eigenvalue weighted by molar-refractivity contribution is -0.255. The maximum absolute atomic E-state index is 13.2. The van der Waals surface area contributed by atoms with Gasteiger partial charge in [0.15, 0.2) is 5.60 Å². The van der Waals surface area contributed by atoms with E-state index in [1.54, 1.807) is 60.7 Å².